The Morgan fingerprint density at radius 1 is 1.35 bits per heavy atom. The molecule has 0 aliphatic carbocycles. The molecule has 0 aliphatic heterocycles. The highest BCUT2D eigenvalue weighted by molar-refractivity contribution is 9.10. The molecular weight excluding hydrogens is 280 g/mol. The second kappa shape index (κ2) is 3.70. The van der Waals surface area contributed by atoms with Crippen LogP contribution in [0.3, 0.4) is 0 Å². The molecule has 0 spiro atoms. The summed E-state index contributed by atoms with van der Waals surface area (Å²) in [5.41, 5.74) is 4.23. The van der Waals surface area contributed by atoms with Crippen molar-refractivity contribution in [1.82, 2.24) is 19.5 Å². The average Bonchev–Trinajstić information content (AvgIpc) is 2.85. The first-order valence-corrected chi connectivity index (χ1v) is 6.08. The van der Waals surface area contributed by atoms with E-state index in [1.807, 2.05) is 14.0 Å². The summed E-state index contributed by atoms with van der Waals surface area (Å²) in [7, 11) is 2.02. The molecule has 0 saturated carbocycles. The minimum absolute atomic E-state index is 0.741. The van der Waals surface area contributed by atoms with Gasteiger partial charge >= 0.3 is 0 Å². The SMILES string of the molecule is Cc1nc2cc(-c3cnc(Br)[nH]3)ccc2n1C. The molecule has 0 saturated heterocycles. The molecule has 0 fully saturated rings. The summed E-state index contributed by atoms with van der Waals surface area (Å²) in [4.78, 5) is 11.8. The molecule has 0 radical (unpaired) electrons. The van der Waals surface area contributed by atoms with Crippen LogP contribution in [0.2, 0.25) is 0 Å². The second-order valence-electron chi connectivity index (χ2n) is 4.01. The van der Waals surface area contributed by atoms with Gasteiger partial charge in [-0.3, -0.25) is 0 Å². The fourth-order valence-electron chi connectivity index (χ4n) is 1.93. The largest absolute Gasteiger partial charge is 0.333 e. The van der Waals surface area contributed by atoms with E-state index in [2.05, 4.69) is 53.6 Å². The van der Waals surface area contributed by atoms with Crippen LogP contribution in [0.1, 0.15) is 5.82 Å². The van der Waals surface area contributed by atoms with Crippen molar-refractivity contribution in [3.63, 3.8) is 0 Å². The molecule has 17 heavy (non-hydrogen) atoms. The van der Waals surface area contributed by atoms with E-state index in [-0.39, 0.29) is 0 Å². The van der Waals surface area contributed by atoms with E-state index >= 15 is 0 Å². The highest BCUT2D eigenvalue weighted by Gasteiger charge is 2.07. The Morgan fingerprint density at radius 2 is 2.18 bits per heavy atom. The Kier molecular flexibility index (Phi) is 2.29. The topological polar surface area (TPSA) is 46.5 Å². The van der Waals surface area contributed by atoms with Crippen molar-refractivity contribution in [2.45, 2.75) is 6.92 Å². The van der Waals surface area contributed by atoms with Crippen LogP contribution in [0.25, 0.3) is 22.3 Å². The van der Waals surface area contributed by atoms with Crippen LogP contribution in [0, 0.1) is 6.92 Å². The molecule has 0 amide bonds. The number of aromatic nitrogens is 4. The molecule has 0 unspecified atom stereocenters. The fraction of sp³-hybridized carbons (Fsp3) is 0.167. The van der Waals surface area contributed by atoms with Crippen molar-refractivity contribution >= 4 is 27.0 Å². The fourth-order valence-corrected chi connectivity index (χ4v) is 2.25. The van der Waals surface area contributed by atoms with Gasteiger partial charge in [0.2, 0.25) is 0 Å². The van der Waals surface area contributed by atoms with E-state index in [0.717, 1.165) is 32.8 Å². The molecule has 3 rings (SSSR count). The van der Waals surface area contributed by atoms with Gasteiger partial charge in [0.15, 0.2) is 4.73 Å². The molecule has 0 atom stereocenters. The summed E-state index contributed by atoms with van der Waals surface area (Å²) in [6.07, 6.45) is 1.81. The van der Waals surface area contributed by atoms with Crippen molar-refractivity contribution in [2.75, 3.05) is 0 Å². The van der Waals surface area contributed by atoms with Crippen molar-refractivity contribution in [3.8, 4) is 11.3 Å². The predicted molar refractivity (Wildman–Crippen MR) is 70.7 cm³/mol. The molecule has 2 heterocycles. The maximum absolute atomic E-state index is 4.52. The van der Waals surface area contributed by atoms with Crippen LogP contribution in [0.15, 0.2) is 29.1 Å². The van der Waals surface area contributed by atoms with E-state index in [1.54, 1.807) is 6.20 Å². The molecule has 1 aromatic carbocycles. The summed E-state index contributed by atoms with van der Waals surface area (Å²) >= 11 is 3.31. The highest BCUT2D eigenvalue weighted by Crippen LogP contribution is 2.23. The monoisotopic (exact) mass is 290 g/mol. The standard InChI is InChI=1S/C12H11BrN4/c1-7-15-9-5-8(3-4-11(9)17(7)2)10-6-14-12(13)16-10/h3-6H,1-2H3,(H,14,16). The Bertz CT molecular complexity index is 696. The van der Waals surface area contributed by atoms with E-state index in [4.69, 9.17) is 0 Å². The number of rotatable bonds is 1. The molecule has 4 nitrogen and oxygen atoms in total. The molecular formula is C12H11BrN4. The van der Waals surface area contributed by atoms with Crippen molar-refractivity contribution in [2.24, 2.45) is 7.05 Å². The van der Waals surface area contributed by atoms with E-state index in [1.165, 1.54) is 0 Å². The predicted octanol–water partition coefficient (Wildman–Crippen LogP) is 3.03. The third kappa shape index (κ3) is 1.67. The zero-order valence-corrected chi connectivity index (χ0v) is 11.1. The van der Waals surface area contributed by atoms with Crippen LogP contribution in [0.5, 0.6) is 0 Å². The van der Waals surface area contributed by atoms with Crippen LogP contribution < -0.4 is 0 Å². The van der Waals surface area contributed by atoms with Gasteiger partial charge < -0.3 is 9.55 Å². The van der Waals surface area contributed by atoms with Crippen LogP contribution >= 0.6 is 15.9 Å². The van der Waals surface area contributed by atoms with Gasteiger partial charge in [0, 0.05) is 12.6 Å². The number of hydrogen-bond donors (Lipinski definition) is 1. The lowest BCUT2D eigenvalue weighted by Crippen LogP contribution is -1.89. The van der Waals surface area contributed by atoms with Gasteiger partial charge in [-0.25, -0.2) is 9.97 Å². The molecule has 3 aromatic rings. The van der Waals surface area contributed by atoms with Gasteiger partial charge in [-0.05, 0) is 35.0 Å². The minimum Gasteiger partial charge on any atom is -0.333 e. The number of aryl methyl sites for hydroxylation is 2. The lowest BCUT2D eigenvalue weighted by Gasteiger charge is -1.99. The Morgan fingerprint density at radius 3 is 2.88 bits per heavy atom. The number of aromatic amines is 1. The van der Waals surface area contributed by atoms with Crippen molar-refractivity contribution in [1.29, 1.82) is 0 Å². The molecule has 1 N–H and O–H groups in total. The molecule has 86 valence electrons. The van der Waals surface area contributed by atoms with Crippen LogP contribution in [-0.2, 0) is 7.05 Å². The van der Waals surface area contributed by atoms with Crippen molar-refractivity contribution in [3.05, 3.63) is 35.0 Å². The van der Waals surface area contributed by atoms with Gasteiger partial charge in [-0.2, -0.15) is 0 Å². The Hall–Kier alpha value is -1.62. The first kappa shape index (κ1) is 10.5. The summed E-state index contributed by atoms with van der Waals surface area (Å²) in [5, 5.41) is 0. The number of nitrogens with one attached hydrogen (secondary N) is 1. The second-order valence-corrected chi connectivity index (χ2v) is 4.76. The Labute approximate surface area is 107 Å². The van der Waals surface area contributed by atoms with Gasteiger partial charge in [-0.1, -0.05) is 6.07 Å². The maximum atomic E-state index is 4.52. The van der Waals surface area contributed by atoms with E-state index in [0.29, 0.717) is 0 Å². The molecule has 0 aliphatic rings. The first-order chi connectivity index (χ1) is 8.15. The Balaban J connectivity index is 2.20. The number of fused-ring (bicyclic) bond motifs is 1. The quantitative estimate of drug-likeness (QED) is 0.749. The molecule has 0 bridgehead atoms. The number of hydrogen-bond acceptors (Lipinski definition) is 2. The highest BCUT2D eigenvalue weighted by atomic mass is 79.9. The third-order valence-corrected chi connectivity index (χ3v) is 3.36. The number of H-pyrrole nitrogens is 1. The zero-order chi connectivity index (χ0) is 12.0. The summed E-state index contributed by atoms with van der Waals surface area (Å²) in [6, 6.07) is 6.23. The van der Waals surface area contributed by atoms with Gasteiger partial charge in [0.1, 0.15) is 5.82 Å². The van der Waals surface area contributed by atoms with E-state index < -0.39 is 0 Å². The summed E-state index contributed by atoms with van der Waals surface area (Å²) < 4.78 is 2.83. The third-order valence-electron chi connectivity index (χ3n) is 2.96. The maximum Gasteiger partial charge on any atom is 0.174 e. The number of halogens is 1. The zero-order valence-electron chi connectivity index (χ0n) is 9.53. The lowest BCUT2D eigenvalue weighted by atomic mass is 10.1. The first-order valence-electron chi connectivity index (χ1n) is 5.29. The van der Waals surface area contributed by atoms with Crippen LogP contribution in [0.4, 0.5) is 0 Å². The smallest absolute Gasteiger partial charge is 0.174 e. The van der Waals surface area contributed by atoms with Gasteiger partial charge in [-0.15, -0.1) is 0 Å². The van der Waals surface area contributed by atoms with Crippen LogP contribution in [-0.4, -0.2) is 19.5 Å². The van der Waals surface area contributed by atoms with E-state index in [9.17, 15) is 0 Å². The summed E-state index contributed by atoms with van der Waals surface area (Å²) in [6.45, 7) is 2.01. The van der Waals surface area contributed by atoms with Gasteiger partial charge in [0.25, 0.3) is 0 Å². The summed E-state index contributed by atoms with van der Waals surface area (Å²) in [5.74, 6) is 1.02. The average molecular weight is 291 g/mol. The molecule has 2 aromatic heterocycles. The van der Waals surface area contributed by atoms with Gasteiger partial charge in [0.05, 0.1) is 22.9 Å². The lowest BCUT2D eigenvalue weighted by molar-refractivity contribution is 0.886. The molecule has 5 heteroatoms. The normalized spacial score (nSPS) is 11.2. The number of imidazole rings is 2. The number of nitrogens with zero attached hydrogens (tertiary/aromatic N) is 3. The minimum atomic E-state index is 0.741. The number of benzene rings is 1. The van der Waals surface area contributed by atoms with Crippen molar-refractivity contribution < 1.29 is 0 Å².